The standard InChI is InChI=1S/C14H24N4O3S/c15-5-4-12(19)16-7-11-3-1-2-6-18(11)13(20)8-17-10-22-9-14(17)21/h11H,1-10,15H2,(H,16,19). The minimum absolute atomic E-state index is 0.0198. The fraction of sp³-hybridized carbons (Fsp3) is 0.786. The van der Waals surface area contributed by atoms with Crippen LogP contribution in [0.15, 0.2) is 0 Å². The normalized spacial score (nSPS) is 22.0. The van der Waals surface area contributed by atoms with Gasteiger partial charge in [-0.15, -0.1) is 11.8 Å². The zero-order chi connectivity index (χ0) is 15.9. The van der Waals surface area contributed by atoms with Gasteiger partial charge in [0.25, 0.3) is 0 Å². The van der Waals surface area contributed by atoms with Gasteiger partial charge in [-0.25, -0.2) is 0 Å². The van der Waals surface area contributed by atoms with Crippen LogP contribution in [0.4, 0.5) is 0 Å². The molecule has 8 heteroatoms. The van der Waals surface area contributed by atoms with Gasteiger partial charge in [0, 0.05) is 32.1 Å². The lowest BCUT2D eigenvalue weighted by Crippen LogP contribution is -2.52. The zero-order valence-corrected chi connectivity index (χ0v) is 13.6. The Morgan fingerprint density at radius 1 is 1.36 bits per heavy atom. The summed E-state index contributed by atoms with van der Waals surface area (Å²) in [5, 5.41) is 2.84. The van der Waals surface area contributed by atoms with Crippen LogP contribution in [0.5, 0.6) is 0 Å². The Bertz CT molecular complexity index is 432. The predicted octanol–water partition coefficient (Wildman–Crippen LogP) is -0.635. The molecule has 0 aromatic carbocycles. The quantitative estimate of drug-likeness (QED) is 0.676. The van der Waals surface area contributed by atoms with Gasteiger partial charge in [0.15, 0.2) is 0 Å². The molecule has 0 spiro atoms. The first-order valence-electron chi connectivity index (χ1n) is 7.73. The molecular formula is C14H24N4O3S. The Hall–Kier alpha value is -1.28. The van der Waals surface area contributed by atoms with E-state index in [1.807, 2.05) is 4.90 Å². The maximum Gasteiger partial charge on any atom is 0.242 e. The smallest absolute Gasteiger partial charge is 0.242 e. The van der Waals surface area contributed by atoms with Crippen LogP contribution < -0.4 is 11.1 Å². The largest absolute Gasteiger partial charge is 0.354 e. The molecule has 1 unspecified atom stereocenters. The van der Waals surface area contributed by atoms with E-state index in [1.54, 1.807) is 4.90 Å². The number of hydrogen-bond acceptors (Lipinski definition) is 5. The molecule has 3 N–H and O–H groups in total. The molecule has 2 heterocycles. The lowest BCUT2D eigenvalue weighted by Gasteiger charge is -2.36. The maximum atomic E-state index is 12.5. The second-order valence-corrected chi connectivity index (χ2v) is 6.60. The van der Waals surface area contributed by atoms with Gasteiger partial charge in [0.1, 0.15) is 6.54 Å². The number of thioether (sulfide) groups is 1. The number of nitrogens with one attached hydrogen (secondary N) is 1. The van der Waals surface area contributed by atoms with E-state index >= 15 is 0 Å². The summed E-state index contributed by atoms with van der Waals surface area (Å²) >= 11 is 1.54. The summed E-state index contributed by atoms with van der Waals surface area (Å²) in [5.74, 6) is 0.991. The van der Waals surface area contributed by atoms with Gasteiger partial charge >= 0.3 is 0 Å². The number of nitrogens with two attached hydrogens (primary N) is 1. The second-order valence-electron chi connectivity index (χ2n) is 5.65. The molecule has 124 valence electrons. The minimum Gasteiger partial charge on any atom is -0.354 e. The van der Waals surface area contributed by atoms with Crippen LogP contribution in [-0.2, 0) is 14.4 Å². The van der Waals surface area contributed by atoms with Crippen molar-refractivity contribution in [1.82, 2.24) is 15.1 Å². The number of carbonyl (C=O) groups excluding carboxylic acids is 3. The molecule has 3 amide bonds. The van der Waals surface area contributed by atoms with E-state index in [2.05, 4.69) is 5.32 Å². The van der Waals surface area contributed by atoms with E-state index in [9.17, 15) is 14.4 Å². The van der Waals surface area contributed by atoms with Crippen LogP contribution >= 0.6 is 11.8 Å². The molecule has 1 atom stereocenters. The second kappa shape index (κ2) is 8.38. The van der Waals surface area contributed by atoms with Crippen molar-refractivity contribution in [3.8, 4) is 0 Å². The van der Waals surface area contributed by atoms with Crippen molar-refractivity contribution in [2.45, 2.75) is 31.7 Å². The Kier molecular flexibility index (Phi) is 6.50. The Morgan fingerprint density at radius 3 is 2.86 bits per heavy atom. The molecule has 2 rings (SSSR count). The average molecular weight is 328 g/mol. The zero-order valence-electron chi connectivity index (χ0n) is 12.8. The van der Waals surface area contributed by atoms with Crippen molar-refractivity contribution in [3.63, 3.8) is 0 Å². The van der Waals surface area contributed by atoms with Crippen LogP contribution in [0.3, 0.4) is 0 Å². The number of amides is 3. The first-order chi connectivity index (χ1) is 10.6. The third-order valence-electron chi connectivity index (χ3n) is 4.01. The van der Waals surface area contributed by atoms with Crippen LogP contribution in [0.25, 0.3) is 0 Å². The van der Waals surface area contributed by atoms with Gasteiger partial charge in [-0.2, -0.15) is 0 Å². The summed E-state index contributed by atoms with van der Waals surface area (Å²) in [7, 11) is 0. The molecule has 0 bridgehead atoms. The maximum absolute atomic E-state index is 12.5. The summed E-state index contributed by atoms with van der Waals surface area (Å²) < 4.78 is 0. The average Bonchev–Trinajstić information content (AvgIpc) is 2.91. The van der Waals surface area contributed by atoms with Crippen molar-refractivity contribution in [3.05, 3.63) is 0 Å². The van der Waals surface area contributed by atoms with Crippen molar-refractivity contribution in [2.24, 2.45) is 5.73 Å². The number of carbonyl (C=O) groups is 3. The number of nitrogens with zero attached hydrogens (tertiary/aromatic N) is 2. The van der Waals surface area contributed by atoms with Crippen LogP contribution in [0, 0.1) is 0 Å². The Labute approximate surface area is 134 Å². The third kappa shape index (κ3) is 4.61. The lowest BCUT2D eigenvalue weighted by molar-refractivity contribution is -0.140. The summed E-state index contributed by atoms with van der Waals surface area (Å²) in [5.41, 5.74) is 5.35. The number of piperidine rings is 1. The Morgan fingerprint density at radius 2 is 2.18 bits per heavy atom. The van der Waals surface area contributed by atoms with Crippen molar-refractivity contribution in [1.29, 1.82) is 0 Å². The van der Waals surface area contributed by atoms with Gasteiger partial charge in [-0.1, -0.05) is 0 Å². The molecule has 22 heavy (non-hydrogen) atoms. The number of rotatable bonds is 6. The van der Waals surface area contributed by atoms with Crippen molar-refractivity contribution < 1.29 is 14.4 Å². The lowest BCUT2D eigenvalue weighted by atomic mass is 10.0. The van der Waals surface area contributed by atoms with Crippen molar-refractivity contribution in [2.75, 3.05) is 37.8 Å². The molecule has 0 aliphatic carbocycles. The molecule has 2 fully saturated rings. The first-order valence-corrected chi connectivity index (χ1v) is 8.89. The van der Waals surface area contributed by atoms with Crippen molar-refractivity contribution >= 4 is 29.5 Å². The van der Waals surface area contributed by atoms with Gasteiger partial charge in [0.05, 0.1) is 11.6 Å². The minimum atomic E-state index is -0.0772. The van der Waals surface area contributed by atoms with Gasteiger partial charge < -0.3 is 20.9 Å². The highest BCUT2D eigenvalue weighted by molar-refractivity contribution is 8.00. The fourth-order valence-corrected chi connectivity index (χ4v) is 3.69. The number of likely N-dealkylation sites (tertiary alicyclic amines) is 1. The molecule has 2 aliphatic rings. The monoisotopic (exact) mass is 328 g/mol. The topological polar surface area (TPSA) is 95.7 Å². The molecule has 2 aliphatic heterocycles. The highest BCUT2D eigenvalue weighted by atomic mass is 32.2. The summed E-state index contributed by atoms with van der Waals surface area (Å²) in [6.07, 6.45) is 3.22. The van der Waals surface area contributed by atoms with E-state index in [-0.39, 0.29) is 30.3 Å². The van der Waals surface area contributed by atoms with E-state index < -0.39 is 0 Å². The van der Waals surface area contributed by atoms with E-state index in [0.29, 0.717) is 37.7 Å². The third-order valence-corrected chi connectivity index (χ3v) is 4.95. The van der Waals surface area contributed by atoms with Gasteiger partial charge in [-0.3, -0.25) is 14.4 Å². The van der Waals surface area contributed by atoms with Crippen LogP contribution in [0.1, 0.15) is 25.7 Å². The molecule has 0 aromatic rings. The molecule has 0 radical (unpaired) electrons. The SMILES string of the molecule is NCCC(=O)NCC1CCCCN1C(=O)CN1CSCC1=O. The molecule has 2 saturated heterocycles. The summed E-state index contributed by atoms with van der Waals surface area (Å²) in [6.45, 7) is 1.64. The Balaban J connectivity index is 1.86. The van der Waals surface area contributed by atoms with E-state index in [4.69, 9.17) is 5.73 Å². The molecule has 7 nitrogen and oxygen atoms in total. The van der Waals surface area contributed by atoms with Crippen LogP contribution in [0.2, 0.25) is 0 Å². The van der Waals surface area contributed by atoms with E-state index in [1.165, 1.54) is 11.8 Å². The molecule has 0 aromatic heterocycles. The summed E-state index contributed by atoms with van der Waals surface area (Å²) in [4.78, 5) is 39.1. The van der Waals surface area contributed by atoms with E-state index in [0.717, 1.165) is 19.3 Å². The molecular weight excluding hydrogens is 304 g/mol. The highest BCUT2D eigenvalue weighted by Crippen LogP contribution is 2.19. The summed E-state index contributed by atoms with van der Waals surface area (Å²) in [6, 6.07) is 0.0216. The molecule has 0 saturated carbocycles. The van der Waals surface area contributed by atoms with Gasteiger partial charge in [0.2, 0.25) is 17.7 Å². The highest BCUT2D eigenvalue weighted by Gasteiger charge is 2.30. The van der Waals surface area contributed by atoms with Crippen LogP contribution in [-0.4, -0.2) is 71.4 Å². The van der Waals surface area contributed by atoms with Gasteiger partial charge in [-0.05, 0) is 19.3 Å². The number of hydrogen-bond donors (Lipinski definition) is 2. The predicted molar refractivity (Wildman–Crippen MR) is 85.1 cm³/mol. The first kappa shape index (κ1) is 17.1. The fourth-order valence-electron chi connectivity index (χ4n) is 2.79.